The summed E-state index contributed by atoms with van der Waals surface area (Å²) < 4.78 is 13.8. The summed E-state index contributed by atoms with van der Waals surface area (Å²) in [7, 11) is 0. The summed E-state index contributed by atoms with van der Waals surface area (Å²) in [5, 5.41) is 0. The predicted octanol–water partition coefficient (Wildman–Crippen LogP) is 2.62. The topological polar surface area (TPSA) is 23.6 Å². The van der Waals surface area contributed by atoms with Gasteiger partial charge in [-0.25, -0.2) is 4.39 Å². The lowest BCUT2D eigenvalue weighted by atomic mass is 10.0. The summed E-state index contributed by atoms with van der Waals surface area (Å²) in [4.78, 5) is 16.5. The average molecular weight is 308 g/mol. The molecule has 1 aromatic rings. The molecule has 2 heterocycles. The third kappa shape index (κ3) is 3.34. The standard InChI is InChI=1S/C16H21FN2OS/c17-14-3-1-2-4-15(14)18-7-9-19(10-8-18)16(20)13-5-11-21-12-6-13/h1-4,13H,5-12H2. The van der Waals surface area contributed by atoms with Gasteiger partial charge in [0, 0.05) is 32.1 Å². The van der Waals surface area contributed by atoms with Crippen LogP contribution < -0.4 is 4.90 Å². The highest BCUT2D eigenvalue weighted by molar-refractivity contribution is 7.99. The van der Waals surface area contributed by atoms with E-state index in [1.54, 1.807) is 6.07 Å². The number of benzene rings is 1. The molecule has 0 aromatic heterocycles. The highest BCUT2D eigenvalue weighted by Gasteiger charge is 2.29. The van der Waals surface area contributed by atoms with E-state index < -0.39 is 0 Å². The summed E-state index contributed by atoms with van der Waals surface area (Å²) in [5.74, 6) is 2.55. The van der Waals surface area contributed by atoms with Gasteiger partial charge in [-0.05, 0) is 36.5 Å². The fraction of sp³-hybridized carbons (Fsp3) is 0.562. The third-order valence-electron chi connectivity index (χ3n) is 4.36. The van der Waals surface area contributed by atoms with Crippen molar-refractivity contribution in [2.24, 2.45) is 5.92 Å². The number of amides is 1. The number of hydrogen-bond acceptors (Lipinski definition) is 3. The van der Waals surface area contributed by atoms with Crippen LogP contribution in [-0.4, -0.2) is 48.5 Å². The first-order chi connectivity index (χ1) is 10.3. The highest BCUT2D eigenvalue weighted by Crippen LogP contribution is 2.26. The van der Waals surface area contributed by atoms with Gasteiger partial charge in [0.15, 0.2) is 0 Å². The number of rotatable bonds is 2. The van der Waals surface area contributed by atoms with Crippen LogP contribution in [0.15, 0.2) is 24.3 Å². The molecule has 21 heavy (non-hydrogen) atoms. The number of nitrogens with zero attached hydrogens (tertiary/aromatic N) is 2. The van der Waals surface area contributed by atoms with Crippen molar-refractivity contribution in [1.82, 2.24) is 4.90 Å². The van der Waals surface area contributed by atoms with Crippen molar-refractivity contribution in [3.63, 3.8) is 0 Å². The molecule has 0 radical (unpaired) electrons. The highest BCUT2D eigenvalue weighted by atomic mass is 32.2. The van der Waals surface area contributed by atoms with E-state index in [1.807, 2.05) is 33.7 Å². The van der Waals surface area contributed by atoms with Crippen LogP contribution in [0.4, 0.5) is 10.1 Å². The first kappa shape index (κ1) is 14.7. The monoisotopic (exact) mass is 308 g/mol. The number of thioether (sulfide) groups is 1. The lowest BCUT2D eigenvalue weighted by Crippen LogP contribution is -2.51. The SMILES string of the molecule is O=C(C1CCSCC1)N1CCN(c2ccccc2F)CC1. The Morgan fingerprint density at radius 1 is 1.10 bits per heavy atom. The molecule has 0 unspecified atom stereocenters. The van der Waals surface area contributed by atoms with E-state index >= 15 is 0 Å². The number of hydrogen-bond donors (Lipinski definition) is 0. The summed E-state index contributed by atoms with van der Waals surface area (Å²) >= 11 is 1.94. The Morgan fingerprint density at radius 3 is 2.43 bits per heavy atom. The summed E-state index contributed by atoms with van der Waals surface area (Å²) in [6, 6.07) is 6.87. The zero-order valence-corrected chi connectivity index (χ0v) is 12.9. The van der Waals surface area contributed by atoms with Crippen molar-refractivity contribution >= 4 is 23.4 Å². The van der Waals surface area contributed by atoms with Gasteiger partial charge in [-0.3, -0.25) is 4.79 Å². The molecule has 2 fully saturated rings. The van der Waals surface area contributed by atoms with Crippen LogP contribution in [-0.2, 0) is 4.79 Å². The number of piperazine rings is 1. The van der Waals surface area contributed by atoms with Gasteiger partial charge >= 0.3 is 0 Å². The Kier molecular flexibility index (Phi) is 4.68. The van der Waals surface area contributed by atoms with E-state index in [0.717, 1.165) is 24.3 Å². The minimum atomic E-state index is -0.179. The quantitative estimate of drug-likeness (QED) is 0.839. The van der Waals surface area contributed by atoms with Crippen LogP contribution in [0, 0.1) is 11.7 Å². The lowest BCUT2D eigenvalue weighted by Gasteiger charge is -2.38. The molecular formula is C16H21FN2OS. The molecule has 1 aromatic carbocycles. The predicted molar refractivity (Wildman–Crippen MR) is 85.2 cm³/mol. The van der Waals surface area contributed by atoms with Gasteiger partial charge in [0.05, 0.1) is 5.69 Å². The Bertz CT molecular complexity index is 497. The van der Waals surface area contributed by atoms with Crippen LogP contribution in [0.5, 0.6) is 0 Å². The number of anilines is 1. The van der Waals surface area contributed by atoms with Crippen molar-refractivity contribution in [1.29, 1.82) is 0 Å². The molecule has 0 saturated carbocycles. The number of halogens is 1. The zero-order valence-electron chi connectivity index (χ0n) is 12.1. The van der Waals surface area contributed by atoms with Crippen LogP contribution >= 0.6 is 11.8 Å². The zero-order chi connectivity index (χ0) is 14.7. The van der Waals surface area contributed by atoms with Gasteiger partial charge < -0.3 is 9.80 Å². The Balaban J connectivity index is 1.57. The Labute approximate surface area is 129 Å². The van der Waals surface area contributed by atoms with E-state index in [1.165, 1.54) is 6.07 Å². The maximum Gasteiger partial charge on any atom is 0.225 e. The second-order valence-corrected chi connectivity index (χ2v) is 6.88. The van der Waals surface area contributed by atoms with Gasteiger partial charge in [0.2, 0.25) is 5.91 Å². The minimum Gasteiger partial charge on any atom is -0.366 e. The summed E-state index contributed by atoms with van der Waals surface area (Å²) in [6.45, 7) is 2.84. The molecule has 3 rings (SSSR count). The fourth-order valence-corrected chi connectivity index (χ4v) is 4.19. The summed E-state index contributed by atoms with van der Waals surface area (Å²) in [6.07, 6.45) is 2.02. The summed E-state index contributed by atoms with van der Waals surface area (Å²) in [5.41, 5.74) is 0.652. The largest absolute Gasteiger partial charge is 0.366 e. The molecule has 5 heteroatoms. The van der Waals surface area contributed by atoms with Crippen LogP contribution in [0.3, 0.4) is 0 Å². The number of carbonyl (C=O) groups excluding carboxylic acids is 1. The van der Waals surface area contributed by atoms with E-state index in [4.69, 9.17) is 0 Å². The molecule has 1 amide bonds. The Hall–Kier alpha value is -1.23. The van der Waals surface area contributed by atoms with Crippen LogP contribution in [0.25, 0.3) is 0 Å². The van der Waals surface area contributed by atoms with E-state index in [-0.39, 0.29) is 11.7 Å². The van der Waals surface area contributed by atoms with Gasteiger partial charge in [0.25, 0.3) is 0 Å². The smallest absolute Gasteiger partial charge is 0.225 e. The lowest BCUT2D eigenvalue weighted by molar-refractivity contribution is -0.136. The van der Waals surface area contributed by atoms with Crippen molar-refractivity contribution in [2.45, 2.75) is 12.8 Å². The normalized spacial score (nSPS) is 20.6. The first-order valence-corrected chi connectivity index (χ1v) is 8.77. The van der Waals surface area contributed by atoms with Crippen molar-refractivity contribution < 1.29 is 9.18 Å². The van der Waals surface area contributed by atoms with Gasteiger partial charge in [0.1, 0.15) is 5.82 Å². The van der Waals surface area contributed by atoms with Gasteiger partial charge in [-0.1, -0.05) is 12.1 Å². The molecule has 114 valence electrons. The number of carbonyl (C=O) groups is 1. The molecule has 2 aliphatic rings. The molecule has 2 aliphatic heterocycles. The molecule has 0 aliphatic carbocycles. The van der Waals surface area contributed by atoms with Crippen LogP contribution in [0.2, 0.25) is 0 Å². The molecule has 0 atom stereocenters. The molecule has 0 spiro atoms. The second-order valence-electron chi connectivity index (χ2n) is 5.65. The van der Waals surface area contributed by atoms with E-state index in [9.17, 15) is 9.18 Å². The minimum absolute atomic E-state index is 0.179. The van der Waals surface area contributed by atoms with Gasteiger partial charge in [-0.15, -0.1) is 0 Å². The molecule has 0 N–H and O–H groups in total. The number of para-hydroxylation sites is 1. The van der Waals surface area contributed by atoms with Crippen molar-refractivity contribution in [2.75, 3.05) is 42.6 Å². The first-order valence-electron chi connectivity index (χ1n) is 7.62. The second kappa shape index (κ2) is 6.69. The fourth-order valence-electron chi connectivity index (χ4n) is 3.08. The van der Waals surface area contributed by atoms with E-state index in [0.29, 0.717) is 37.8 Å². The molecule has 0 bridgehead atoms. The van der Waals surface area contributed by atoms with Crippen LogP contribution in [0.1, 0.15) is 12.8 Å². The van der Waals surface area contributed by atoms with Gasteiger partial charge in [-0.2, -0.15) is 11.8 Å². The molecular weight excluding hydrogens is 287 g/mol. The maximum atomic E-state index is 13.8. The average Bonchev–Trinajstić information content (AvgIpc) is 2.56. The van der Waals surface area contributed by atoms with Crippen molar-refractivity contribution in [3.8, 4) is 0 Å². The Morgan fingerprint density at radius 2 is 1.76 bits per heavy atom. The van der Waals surface area contributed by atoms with Crippen molar-refractivity contribution in [3.05, 3.63) is 30.1 Å². The molecule has 3 nitrogen and oxygen atoms in total. The molecule has 2 saturated heterocycles. The van der Waals surface area contributed by atoms with E-state index in [2.05, 4.69) is 0 Å². The maximum absolute atomic E-state index is 13.8. The third-order valence-corrected chi connectivity index (χ3v) is 5.40.